The molecule has 0 aliphatic carbocycles. The highest BCUT2D eigenvalue weighted by Crippen LogP contribution is 2.23. The minimum Gasteiger partial charge on any atom is -0.406 e. The Morgan fingerprint density at radius 2 is 1.79 bits per heavy atom. The molecule has 0 amide bonds. The van der Waals surface area contributed by atoms with E-state index in [-0.39, 0.29) is 35.7 Å². The molecule has 1 aromatic rings. The number of halogens is 4. The summed E-state index contributed by atoms with van der Waals surface area (Å²) in [7, 11) is 0. The second-order valence-electron chi connectivity index (χ2n) is 4.87. The van der Waals surface area contributed by atoms with Crippen molar-refractivity contribution in [3.8, 4) is 5.75 Å². The van der Waals surface area contributed by atoms with Gasteiger partial charge in [0, 0.05) is 12.2 Å². The predicted molar refractivity (Wildman–Crippen MR) is 106 cm³/mol. The molecule has 1 rings (SSSR count). The molecular weight excluding hydrogens is 454 g/mol. The third-order valence-electron chi connectivity index (χ3n) is 2.90. The van der Waals surface area contributed by atoms with Crippen molar-refractivity contribution in [2.75, 3.05) is 23.9 Å². The maximum absolute atomic E-state index is 12.0. The Morgan fingerprint density at radius 1 is 1.17 bits per heavy atom. The first kappa shape index (κ1) is 23.2. The molecule has 3 N–H and O–H groups in total. The number of ether oxygens (including phenoxy) is 1. The fraction of sp³-hybridized carbons (Fsp3) is 0.533. The fourth-order valence-electron chi connectivity index (χ4n) is 1.84. The second kappa shape index (κ2) is 12.5. The average Bonchev–Trinajstić information content (AvgIpc) is 2.47. The van der Waals surface area contributed by atoms with E-state index in [9.17, 15) is 13.2 Å². The number of alkyl halides is 3. The monoisotopic (exact) mass is 477 g/mol. The number of hydrogen-bond donors (Lipinski definition) is 2. The first-order valence-electron chi connectivity index (χ1n) is 7.32. The first-order chi connectivity index (χ1) is 10.9. The zero-order chi connectivity index (χ0) is 17.1. The molecule has 0 aromatic heterocycles. The quantitative estimate of drug-likeness (QED) is 0.231. The molecule has 0 radical (unpaired) electrons. The molecule has 4 nitrogen and oxygen atoms in total. The van der Waals surface area contributed by atoms with Crippen LogP contribution in [0.25, 0.3) is 0 Å². The van der Waals surface area contributed by atoms with Crippen LogP contribution in [0.4, 0.5) is 18.9 Å². The summed E-state index contributed by atoms with van der Waals surface area (Å²) in [6.07, 6.45) is 1.88. The van der Waals surface area contributed by atoms with Crippen molar-refractivity contribution in [1.29, 1.82) is 0 Å². The van der Waals surface area contributed by atoms with Gasteiger partial charge in [-0.2, -0.15) is 11.8 Å². The van der Waals surface area contributed by atoms with Crippen molar-refractivity contribution in [3.05, 3.63) is 24.3 Å². The van der Waals surface area contributed by atoms with Crippen LogP contribution in [0, 0.1) is 0 Å². The highest BCUT2D eigenvalue weighted by atomic mass is 127. The number of rotatable bonds is 9. The standard InChI is InChI=1S/C15H22F3N3OS.HI/c1-23-11-5-3-2-4-10-20-14(19)21-12-6-8-13(9-7-12)22-15(16,17)18;/h6-9H,2-5,10-11H2,1H3,(H3,19,20,21);1H. The Bertz CT molecular complexity index is 484. The minimum absolute atomic E-state index is 0. The van der Waals surface area contributed by atoms with Gasteiger partial charge in [0.25, 0.3) is 0 Å². The molecule has 0 aliphatic rings. The SMILES string of the molecule is CSCCCCCCN=C(N)Nc1ccc(OC(F)(F)F)cc1.I. The summed E-state index contributed by atoms with van der Waals surface area (Å²) in [5.74, 6) is 1.16. The van der Waals surface area contributed by atoms with E-state index in [1.54, 1.807) is 0 Å². The number of aliphatic imine (C=N–C) groups is 1. The molecule has 1 aromatic carbocycles. The number of nitrogens with two attached hydrogens (primary N) is 1. The van der Waals surface area contributed by atoms with Crippen LogP contribution in [0.2, 0.25) is 0 Å². The summed E-state index contributed by atoms with van der Waals surface area (Å²) in [4.78, 5) is 4.19. The number of nitrogens with one attached hydrogen (secondary N) is 1. The lowest BCUT2D eigenvalue weighted by atomic mass is 10.2. The van der Waals surface area contributed by atoms with Crippen LogP contribution >= 0.6 is 35.7 Å². The van der Waals surface area contributed by atoms with Gasteiger partial charge >= 0.3 is 6.36 Å². The molecular formula is C15H23F3IN3OS. The van der Waals surface area contributed by atoms with Gasteiger partial charge in [-0.1, -0.05) is 12.8 Å². The first-order valence-corrected chi connectivity index (χ1v) is 8.72. The minimum atomic E-state index is -4.69. The topological polar surface area (TPSA) is 59.6 Å². The number of thioether (sulfide) groups is 1. The Labute approximate surface area is 161 Å². The van der Waals surface area contributed by atoms with E-state index in [0.717, 1.165) is 12.8 Å². The van der Waals surface area contributed by atoms with Gasteiger partial charge in [-0.05, 0) is 49.1 Å². The zero-order valence-corrected chi connectivity index (χ0v) is 16.6. The van der Waals surface area contributed by atoms with Gasteiger partial charge in [0.2, 0.25) is 0 Å². The second-order valence-corrected chi connectivity index (χ2v) is 5.86. The maximum atomic E-state index is 12.0. The largest absolute Gasteiger partial charge is 0.573 e. The van der Waals surface area contributed by atoms with Crippen LogP contribution in [0.1, 0.15) is 25.7 Å². The Kier molecular flexibility index (Phi) is 12.1. The summed E-state index contributed by atoms with van der Waals surface area (Å²) in [5.41, 5.74) is 6.29. The average molecular weight is 477 g/mol. The lowest BCUT2D eigenvalue weighted by Crippen LogP contribution is -2.23. The maximum Gasteiger partial charge on any atom is 0.573 e. The summed E-state index contributed by atoms with van der Waals surface area (Å²) in [6.45, 7) is 0.632. The van der Waals surface area contributed by atoms with Crippen LogP contribution < -0.4 is 15.8 Å². The van der Waals surface area contributed by atoms with Gasteiger partial charge in [-0.3, -0.25) is 4.99 Å². The smallest absolute Gasteiger partial charge is 0.406 e. The van der Waals surface area contributed by atoms with Crippen molar-refractivity contribution in [3.63, 3.8) is 0 Å². The van der Waals surface area contributed by atoms with Crippen LogP contribution in [0.3, 0.4) is 0 Å². The third-order valence-corrected chi connectivity index (χ3v) is 3.60. The van der Waals surface area contributed by atoms with E-state index < -0.39 is 6.36 Å². The number of hydrogen-bond acceptors (Lipinski definition) is 3. The summed E-state index contributed by atoms with van der Waals surface area (Å²) in [6, 6.07) is 5.33. The van der Waals surface area contributed by atoms with Gasteiger partial charge in [0.1, 0.15) is 5.75 Å². The molecule has 0 heterocycles. The normalized spacial score (nSPS) is 11.8. The molecule has 0 aliphatic heterocycles. The Balaban J connectivity index is 0.00000529. The molecule has 0 unspecified atom stereocenters. The van der Waals surface area contributed by atoms with Crippen molar-refractivity contribution in [1.82, 2.24) is 0 Å². The van der Waals surface area contributed by atoms with E-state index >= 15 is 0 Å². The van der Waals surface area contributed by atoms with Crippen LogP contribution in [0.5, 0.6) is 5.75 Å². The van der Waals surface area contributed by atoms with E-state index in [4.69, 9.17) is 5.73 Å². The predicted octanol–water partition coefficient (Wildman–Crippen LogP) is 4.85. The van der Waals surface area contributed by atoms with Crippen molar-refractivity contribution < 1.29 is 17.9 Å². The van der Waals surface area contributed by atoms with Gasteiger partial charge in [-0.25, -0.2) is 0 Å². The highest BCUT2D eigenvalue weighted by molar-refractivity contribution is 14.0. The van der Waals surface area contributed by atoms with E-state index in [1.807, 2.05) is 11.8 Å². The molecule has 0 spiro atoms. The molecule has 0 bridgehead atoms. The number of benzene rings is 1. The summed E-state index contributed by atoms with van der Waals surface area (Å²) < 4.78 is 39.9. The van der Waals surface area contributed by atoms with E-state index in [0.29, 0.717) is 12.2 Å². The molecule has 138 valence electrons. The molecule has 0 atom stereocenters. The van der Waals surface area contributed by atoms with Crippen LogP contribution in [-0.2, 0) is 0 Å². The fourth-order valence-corrected chi connectivity index (χ4v) is 2.33. The van der Waals surface area contributed by atoms with Gasteiger partial charge in [-0.15, -0.1) is 37.1 Å². The van der Waals surface area contributed by atoms with Crippen molar-refractivity contribution in [2.24, 2.45) is 10.7 Å². The van der Waals surface area contributed by atoms with Crippen molar-refractivity contribution >= 4 is 47.4 Å². The third kappa shape index (κ3) is 11.7. The van der Waals surface area contributed by atoms with E-state index in [2.05, 4.69) is 21.3 Å². The lowest BCUT2D eigenvalue weighted by Gasteiger charge is -2.10. The summed E-state index contributed by atoms with van der Waals surface area (Å²) in [5, 5.41) is 2.83. The Hall–Kier alpha value is -0.840. The number of unbranched alkanes of at least 4 members (excludes halogenated alkanes) is 3. The summed E-state index contributed by atoms with van der Waals surface area (Å²) >= 11 is 1.85. The van der Waals surface area contributed by atoms with Crippen LogP contribution in [-0.4, -0.2) is 30.9 Å². The molecule has 0 fully saturated rings. The number of anilines is 1. The molecule has 0 saturated carbocycles. The zero-order valence-electron chi connectivity index (χ0n) is 13.4. The van der Waals surface area contributed by atoms with Gasteiger partial charge < -0.3 is 15.8 Å². The van der Waals surface area contributed by atoms with Gasteiger partial charge in [0.05, 0.1) is 0 Å². The number of nitrogens with zero attached hydrogens (tertiary/aromatic N) is 1. The van der Waals surface area contributed by atoms with Crippen molar-refractivity contribution in [2.45, 2.75) is 32.0 Å². The van der Waals surface area contributed by atoms with E-state index in [1.165, 1.54) is 42.9 Å². The lowest BCUT2D eigenvalue weighted by molar-refractivity contribution is -0.274. The molecule has 9 heteroatoms. The molecule has 0 saturated heterocycles. The molecule has 24 heavy (non-hydrogen) atoms. The van der Waals surface area contributed by atoms with Crippen LogP contribution in [0.15, 0.2) is 29.3 Å². The number of guanidine groups is 1. The van der Waals surface area contributed by atoms with Gasteiger partial charge in [0.15, 0.2) is 5.96 Å². The Morgan fingerprint density at radius 3 is 2.38 bits per heavy atom. The highest BCUT2D eigenvalue weighted by Gasteiger charge is 2.30.